The van der Waals surface area contributed by atoms with E-state index in [1.54, 1.807) is 0 Å². The van der Waals surface area contributed by atoms with Gasteiger partial charge in [0.05, 0.1) is 26.4 Å². The van der Waals surface area contributed by atoms with Crippen molar-refractivity contribution in [1.82, 2.24) is 0 Å². The molecule has 68 heavy (non-hydrogen) atoms. The molecular weight excluding hydrogens is 872 g/mol. The highest BCUT2D eigenvalue weighted by Gasteiger charge is 2.26. The van der Waals surface area contributed by atoms with Crippen molar-refractivity contribution in [1.29, 1.82) is 0 Å². The van der Waals surface area contributed by atoms with Crippen LogP contribution in [0.5, 0.6) is 0 Å². The van der Waals surface area contributed by atoms with Crippen molar-refractivity contribution >= 4 is 13.8 Å². The van der Waals surface area contributed by atoms with Gasteiger partial charge < -0.3 is 24.6 Å². The van der Waals surface area contributed by atoms with E-state index < -0.39 is 45.8 Å². The van der Waals surface area contributed by atoms with Gasteiger partial charge in [0.1, 0.15) is 12.2 Å². The monoisotopic (exact) mass is 975 g/mol. The lowest BCUT2D eigenvalue weighted by molar-refractivity contribution is -0.154. The second-order valence-electron chi connectivity index (χ2n) is 18.2. The first-order valence-corrected chi connectivity index (χ1v) is 29.1. The smallest absolute Gasteiger partial charge is 0.457 e. The zero-order chi connectivity index (χ0) is 49.5. The Kier molecular flexibility index (Phi) is 52.1. The maximum Gasteiger partial charge on any atom is 0.472 e. The Labute approximate surface area is 417 Å². The van der Waals surface area contributed by atoms with Gasteiger partial charge in [0.15, 0.2) is 0 Å². The van der Waals surface area contributed by atoms with E-state index in [0.29, 0.717) is 13.0 Å². The predicted molar refractivity (Wildman–Crippen MR) is 288 cm³/mol. The zero-order valence-corrected chi connectivity index (χ0v) is 44.4. The SMILES string of the molecule is CC/C=C\C/C=C\C/C=C\C/C=C\C/C=C\C/C=C\C/C=C\CCCC(=O)OC(COCCCCCCCCCCCCCCCCCCCCCCCCCC)COP(=O)(O)OCC(O)CO. The first-order valence-electron chi connectivity index (χ1n) is 27.6. The van der Waals surface area contributed by atoms with Crippen LogP contribution >= 0.6 is 7.82 Å². The van der Waals surface area contributed by atoms with Gasteiger partial charge in [-0.2, -0.15) is 0 Å². The molecule has 0 radical (unpaired) electrons. The van der Waals surface area contributed by atoms with E-state index in [2.05, 4.69) is 98.9 Å². The Morgan fingerprint density at radius 1 is 0.471 bits per heavy atom. The Balaban J connectivity index is 4.13. The fourth-order valence-corrected chi connectivity index (χ4v) is 8.25. The molecule has 0 aliphatic carbocycles. The van der Waals surface area contributed by atoms with Gasteiger partial charge in [-0.05, 0) is 64.2 Å². The van der Waals surface area contributed by atoms with Crippen molar-refractivity contribution in [3.63, 3.8) is 0 Å². The number of allylic oxidation sites excluding steroid dienone is 14. The van der Waals surface area contributed by atoms with E-state index >= 15 is 0 Å². The fourth-order valence-electron chi connectivity index (χ4n) is 7.46. The molecule has 0 rings (SSSR count). The summed E-state index contributed by atoms with van der Waals surface area (Å²) in [6.07, 6.45) is 68.6. The summed E-state index contributed by atoms with van der Waals surface area (Å²) in [4.78, 5) is 22.7. The standard InChI is InChI=1S/C58H103O9P/c1-3-5-7-9-11-13-15-17-19-21-23-25-27-29-31-33-35-37-39-41-43-45-47-49-51-64-54-57(55-66-68(62,63)65-53-56(60)52-59)67-58(61)50-48-46-44-42-40-38-36-34-32-30-28-26-24-22-20-18-16-14-12-10-8-6-4-2/h6,8,12,14,18,20,24,26,30,32,36,38,42,44,56-57,59-60H,3-5,7,9-11,13,15-17,19,21-23,25,27-29,31,33-35,37,39-41,43,45-55H2,1-2H3,(H,62,63)/b8-6-,14-12-,20-18-,26-24-,32-30-,38-36-,44-42-. The van der Waals surface area contributed by atoms with Crippen molar-refractivity contribution in [2.24, 2.45) is 0 Å². The third-order valence-electron chi connectivity index (χ3n) is 11.6. The van der Waals surface area contributed by atoms with E-state index in [-0.39, 0.29) is 13.0 Å². The van der Waals surface area contributed by atoms with Crippen molar-refractivity contribution in [3.8, 4) is 0 Å². The second-order valence-corrected chi connectivity index (χ2v) is 19.7. The molecular formula is C58H103O9P. The third-order valence-corrected chi connectivity index (χ3v) is 12.5. The van der Waals surface area contributed by atoms with E-state index in [4.69, 9.17) is 23.6 Å². The number of ether oxygens (including phenoxy) is 2. The molecule has 10 heteroatoms. The number of hydrogen-bond acceptors (Lipinski definition) is 8. The van der Waals surface area contributed by atoms with Crippen LogP contribution in [-0.4, -0.2) is 66.3 Å². The summed E-state index contributed by atoms with van der Waals surface area (Å²) < 4.78 is 33.5. The van der Waals surface area contributed by atoms with E-state index in [9.17, 15) is 19.4 Å². The highest BCUT2D eigenvalue weighted by molar-refractivity contribution is 7.47. The minimum absolute atomic E-state index is 0.0240. The average molecular weight is 975 g/mol. The van der Waals surface area contributed by atoms with Crippen LogP contribution in [0, 0.1) is 0 Å². The van der Waals surface area contributed by atoms with Gasteiger partial charge in [-0.25, -0.2) is 4.57 Å². The second kappa shape index (κ2) is 54.0. The predicted octanol–water partition coefficient (Wildman–Crippen LogP) is 16.6. The Morgan fingerprint density at radius 2 is 0.824 bits per heavy atom. The van der Waals surface area contributed by atoms with Gasteiger partial charge in [-0.15, -0.1) is 0 Å². The van der Waals surface area contributed by atoms with E-state index in [0.717, 1.165) is 70.6 Å². The molecule has 3 unspecified atom stereocenters. The van der Waals surface area contributed by atoms with Crippen LogP contribution < -0.4 is 0 Å². The maximum absolute atomic E-state index is 12.7. The van der Waals surface area contributed by atoms with Crippen LogP contribution in [0.1, 0.15) is 232 Å². The van der Waals surface area contributed by atoms with Crippen molar-refractivity contribution in [2.45, 2.75) is 244 Å². The Bertz CT molecular complexity index is 1340. The summed E-state index contributed by atoms with van der Waals surface area (Å²) in [5.41, 5.74) is 0. The molecule has 0 aliphatic rings. The number of unbranched alkanes of at least 4 members (excludes halogenated alkanes) is 24. The highest BCUT2D eigenvalue weighted by Crippen LogP contribution is 2.43. The number of aliphatic hydroxyl groups excluding tert-OH is 2. The van der Waals surface area contributed by atoms with Crippen molar-refractivity contribution in [2.75, 3.05) is 33.0 Å². The van der Waals surface area contributed by atoms with Gasteiger partial charge in [-0.1, -0.05) is 247 Å². The summed E-state index contributed by atoms with van der Waals surface area (Å²) in [7, 11) is -4.55. The van der Waals surface area contributed by atoms with Crippen LogP contribution in [0.15, 0.2) is 85.1 Å². The lowest BCUT2D eigenvalue weighted by Gasteiger charge is -2.20. The van der Waals surface area contributed by atoms with Crippen LogP contribution in [0.2, 0.25) is 0 Å². The summed E-state index contributed by atoms with van der Waals surface area (Å²) in [6.45, 7) is 3.36. The molecule has 3 atom stereocenters. The molecule has 0 aromatic carbocycles. The zero-order valence-electron chi connectivity index (χ0n) is 43.6. The third kappa shape index (κ3) is 53.0. The largest absolute Gasteiger partial charge is 0.472 e. The number of phosphoric acid groups is 1. The van der Waals surface area contributed by atoms with E-state index in [1.807, 2.05) is 0 Å². The molecule has 0 heterocycles. The molecule has 0 spiro atoms. The lowest BCUT2D eigenvalue weighted by Crippen LogP contribution is -2.29. The van der Waals surface area contributed by atoms with Crippen LogP contribution in [0.4, 0.5) is 0 Å². The van der Waals surface area contributed by atoms with Gasteiger partial charge in [0.25, 0.3) is 0 Å². The molecule has 0 saturated carbocycles. The molecule has 394 valence electrons. The molecule has 0 saturated heterocycles. The summed E-state index contributed by atoms with van der Waals surface area (Å²) in [5, 5.41) is 18.4. The quantitative estimate of drug-likeness (QED) is 0.0236. The average Bonchev–Trinajstić information content (AvgIpc) is 3.33. The maximum atomic E-state index is 12.7. The topological polar surface area (TPSA) is 132 Å². The van der Waals surface area contributed by atoms with Crippen molar-refractivity contribution in [3.05, 3.63) is 85.1 Å². The Morgan fingerprint density at radius 3 is 1.21 bits per heavy atom. The van der Waals surface area contributed by atoms with Gasteiger partial charge in [-0.3, -0.25) is 13.8 Å². The van der Waals surface area contributed by atoms with Crippen LogP contribution in [-0.2, 0) is 27.9 Å². The summed E-state index contributed by atoms with van der Waals surface area (Å²) in [6, 6.07) is 0. The molecule has 0 aromatic rings. The van der Waals surface area contributed by atoms with Crippen molar-refractivity contribution < 1.29 is 43.0 Å². The number of rotatable bonds is 52. The molecule has 0 aliphatic heterocycles. The lowest BCUT2D eigenvalue weighted by atomic mass is 10.0. The minimum Gasteiger partial charge on any atom is -0.457 e. The van der Waals surface area contributed by atoms with Crippen LogP contribution in [0.25, 0.3) is 0 Å². The highest BCUT2D eigenvalue weighted by atomic mass is 31.2. The van der Waals surface area contributed by atoms with Gasteiger partial charge in [0, 0.05) is 13.0 Å². The number of hydrogen-bond donors (Lipinski definition) is 3. The Hall–Kier alpha value is -2.36. The number of carbonyl (C=O) groups excluding carboxylic acids is 1. The van der Waals surface area contributed by atoms with Gasteiger partial charge in [0.2, 0.25) is 0 Å². The molecule has 9 nitrogen and oxygen atoms in total. The number of phosphoric ester groups is 1. The summed E-state index contributed by atoms with van der Waals surface area (Å²) in [5.74, 6) is -0.438. The first-order chi connectivity index (χ1) is 33.3. The molecule has 0 aromatic heterocycles. The van der Waals surface area contributed by atoms with Gasteiger partial charge >= 0.3 is 13.8 Å². The summed E-state index contributed by atoms with van der Waals surface area (Å²) >= 11 is 0. The van der Waals surface area contributed by atoms with E-state index in [1.165, 1.54) is 135 Å². The molecule has 0 amide bonds. The first kappa shape index (κ1) is 65.6. The number of carbonyl (C=O) groups is 1. The number of esters is 1. The normalized spacial score (nSPS) is 14.4. The molecule has 0 bridgehead atoms. The van der Waals surface area contributed by atoms with Crippen LogP contribution in [0.3, 0.4) is 0 Å². The molecule has 3 N–H and O–H groups in total. The molecule has 0 fully saturated rings. The fraction of sp³-hybridized carbons (Fsp3) is 0.741. The minimum atomic E-state index is -4.55. The number of aliphatic hydroxyl groups is 2.